The smallest absolute Gasteiger partial charge is 0.229 e. The Balaban J connectivity index is 1.64. The van der Waals surface area contributed by atoms with Crippen LogP contribution < -0.4 is 20.7 Å². The molecule has 1 atom stereocenters. The fourth-order valence-electron chi connectivity index (χ4n) is 3.52. The molecule has 0 saturated heterocycles. The minimum Gasteiger partial charge on any atom is -0.352 e. The molecule has 7 nitrogen and oxygen atoms in total. The van der Waals surface area contributed by atoms with E-state index in [0.29, 0.717) is 6.04 Å². The number of nitrogens with zero attached hydrogens (tertiary/aromatic N) is 5. The van der Waals surface area contributed by atoms with Crippen LogP contribution >= 0.6 is 0 Å². The summed E-state index contributed by atoms with van der Waals surface area (Å²) in [5.41, 5.74) is 9.13. The highest BCUT2D eigenvalue weighted by Gasteiger charge is 2.35. The van der Waals surface area contributed by atoms with Crippen LogP contribution in [0.3, 0.4) is 0 Å². The number of benzene rings is 1. The van der Waals surface area contributed by atoms with Crippen LogP contribution in [0, 0.1) is 0 Å². The molecule has 26 heavy (non-hydrogen) atoms. The van der Waals surface area contributed by atoms with Crippen molar-refractivity contribution in [1.29, 1.82) is 0 Å². The van der Waals surface area contributed by atoms with E-state index in [9.17, 15) is 0 Å². The lowest BCUT2D eigenvalue weighted by Crippen LogP contribution is -2.35. The van der Waals surface area contributed by atoms with Crippen LogP contribution in [0.1, 0.15) is 23.6 Å². The maximum absolute atomic E-state index is 4.96. The average molecular weight is 353 g/mol. The Morgan fingerprint density at radius 2 is 1.92 bits per heavy atom. The first-order valence-corrected chi connectivity index (χ1v) is 9.20. The molecule has 0 amide bonds. The molecular formula is C19H27N7. The lowest BCUT2D eigenvalue weighted by molar-refractivity contribution is 0.415. The molecule has 0 bridgehead atoms. The zero-order valence-corrected chi connectivity index (χ0v) is 15.7. The van der Waals surface area contributed by atoms with Crippen LogP contribution in [-0.4, -0.2) is 55.6 Å². The predicted octanol–water partition coefficient (Wildman–Crippen LogP) is 1.86. The Morgan fingerprint density at radius 1 is 1.12 bits per heavy atom. The van der Waals surface area contributed by atoms with Crippen LogP contribution in [0.2, 0.25) is 0 Å². The first-order chi connectivity index (χ1) is 12.6. The van der Waals surface area contributed by atoms with Crippen molar-refractivity contribution >= 4 is 17.6 Å². The van der Waals surface area contributed by atoms with Crippen LogP contribution in [-0.2, 0) is 6.54 Å². The van der Waals surface area contributed by atoms with E-state index in [0.717, 1.165) is 50.2 Å². The monoisotopic (exact) mass is 353 g/mol. The molecule has 1 unspecified atom stereocenters. The predicted molar refractivity (Wildman–Crippen MR) is 105 cm³/mol. The number of rotatable bonds is 6. The van der Waals surface area contributed by atoms with Gasteiger partial charge in [0.15, 0.2) is 5.82 Å². The molecule has 0 radical (unpaired) electrons. The second-order valence-electron chi connectivity index (χ2n) is 7.35. The minimum atomic E-state index is 0.299. The molecule has 0 fully saturated rings. The molecule has 2 aromatic rings. The van der Waals surface area contributed by atoms with Gasteiger partial charge in [-0.15, -0.1) is 0 Å². The van der Waals surface area contributed by atoms with E-state index in [-0.39, 0.29) is 0 Å². The summed E-state index contributed by atoms with van der Waals surface area (Å²) < 4.78 is 0. The van der Waals surface area contributed by atoms with Gasteiger partial charge in [-0.1, -0.05) is 30.3 Å². The van der Waals surface area contributed by atoms with Crippen LogP contribution in [0.4, 0.5) is 17.6 Å². The first-order valence-electron chi connectivity index (χ1n) is 9.20. The highest BCUT2D eigenvalue weighted by molar-refractivity contribution is 5.67. The van der Waals surface area contributed by atoms with Gasteiger partial charge in [-0.05, 0) is 26.1 Å². The van der Waals surface area contributed by atoms with Crippen molar-refractivity contribution < 1.29 is 0 Å². The van der Waals surface area contributed by atoms with Gasteiger partial charge in [-0.25, -0.2) is 5.43 Å². The summed E-state index contributed by atoms with van der Waals surface area (Å²) in [6.07, 6.45) is 1.05. The third kappa shape index (κ3) is 3.32. The third-order valence-electron chi connectivity index (χ3n) is 5.05. The number of hydrazine groups is 1. The Kier molecular flexibility index (Phi) is 4.65. The van der Waals surface area contributed by atoms with Gasteiger partial charge < -0.3 is 20.1 Å². The van der Waals surface area contributed by atoms with Gasteiger partial charge in [-0.3, -0.25) is 0 Å². The van der Waals surface area contributed by atoms with Crippen molar-refractivity contribution in [2.75, 3.05) is 56.0 Å². The molecule has 3 heterocycles. The molecule has 7 heteroatoms. The van der Waals surface area contributed by atoms with Crippen molar-refractivity contribution in [2.45, 2.75) is 19.0 Å². The summed E-state index contributed by atoms with van der Waals surface area (Å²) in [6, 6.07) is 10.9. The van der Waals surface area contributed by atoms with Gasteiger partial charge in [0.1, 0.15) is 5.82 Å². The Morgan fingerprint density at radius 3 is 2.69 bits per heavy atom. The second kappa shape index (κ2) is 7.09. The number of likely N-dealkylation sites (N-methyl/N-ethyl adjacent to an activating group) is 2. The molecule has 0 spiro atoms. The van der Waals surface area contributed by atoms with E-state index in [2.05, 4.69) is 77.0 Å². The number of hydrogen-bond acceptors (Lipinski definition) is 7. The van der Waals surface area contributed by atoms with E-state index >= 15 is 0 Å². The molecular weight excluding hydrogens is 326 g/mol. The van der Waals surface area contributed by atoms with Crippen molar-refractivity contribution in [2.24, 2.45) is 0 Å². The zero-order chi connectivity index (χ0) is 18.1. The minimum absolute atomic E-state index is 0.299. The van der Waals surface area contributed by atoms with Crippen molar-refractivity contribution in [3.63, 3.8) is 0 Å². The SMILES string of the molecule is CN(C)CCN(C)c1nc2c3c(n1)N(Cc1ccccc1)CCC3NN2. The van der Waals surface area contributed by atoms with Crippen molar-refractivity contribution in [3.05, 3.63) is 41.5 Å². The molecule has 2 aliphatic rings. The number of hydrogen-bond donors (Lipinski definition) is 2. The molecule has 2 aliphatic heterocycles. The van der Waals surface area contributed by atoms with E-state index in [4.69, 9.17) is 9.97 Å². The maximum atomic E-state index is 4.96. The molecule has 4 rings (SSSR count). The summed E-state index contributed by atoms with van der Waals surface area (Å²) in [5, 5.41) is 0. The first kappa shape index (κ1) is 17.1. The summed E-state index contributed by atoms with van der Waals surface area (Å²) in [4.78, 5) is 16.4. The van der Waals surface area contributed by atoms with Crippen LogP contribution in [0.5, 0.6) is 0 Å². The van der Waals surface area contributed by atoms with Gasteiger partial charge in [0.2, 0.25) is 5.95 Å². The number of aromatic nitrogens is 2. The summed E-state index contributed by atoms with van der Waals surface area (Å²) >= 11 is 0. The van der Waals surface area contributed by atoms with Crippen molar-refractivity contribution in [1.82, 2.24) is 20.3 Å². The molecule has 0 saturated carbocycles. The molecule has 1 aromatic heterocycles. The van der Waals surface area contributed by atoms with E-state index in [1.165, 1.54) is 11.1 Å². The highest BCUT2D eigenvalue weighted by atomic mass is 15.5. The lowest BCUT2D eigenvalue weighted by Gasteiger charge is -2.33. The fourth-order valence-corrected chi connectivity index (χ4v) is 3.52. The fraction of sp³-hybridized carbons (Fsp3) is 0.474. The Hall–Kier alpha value is -2.38. The number of nitrogens with one attached hydrogen (secondary N) is 2. The summed E-state index contributed by atoms with van der Waals surface area (Å²) in [6.45, 7) is 3.71. The summed E-state index contributed by atoms with van der Waals surface area (Å²) in [7, 11) is 6.22. The van der Waals surface area contributed by atoms with Crippen LogP contribution in [0.15, 0.2) is 30.3 Å². The van der Waals surface area contributed by atoms with E-state index in [1.54, 1.807) is 0 Å². The molecule has 138 valence electrons. The van der Waals surface area contributed by atoms with Gasteiger partial charge in [0.25, 0.3) is 0 Å². The largest absolute Gasteiger partial charge is 0.352 e. The van der Waals surface area contributed by atoms with E-state index in [1.807, 2.05) is 0 Å². The lowest BCUT2D eigenvalue weighted by atomic mass is 10.0. The molecule has 0 aliphatic carbocycles. The van der Waals surface area contributed by atoms with Gasteiger partial charge in [0.05, 0.1) is 11.6 Å². The van der Waals surface area contributed by atoms with Crippen LogP contribution in [0.25, 0.3) is 0 Å². The molecule has 1 aromatic carbocycles. The Labute approximate surface area is 155 Å². The average Bonchev–Trinajstić information content (AvgIpc) is 3.07. The third-order valence-corrected chi connectivity index (χ3v) is 5.05. The number of anilines is 3. The van der Waals surface area contributed by atoms with Gasteiger partial charge in [0, 0.05) is 33.2 Å². The standard InChI is InChI=1S/C19H27N7/c1-24(2)11-12-25(3)19-20-17-16-15(22-23-17)9-10-26(18(16)21-19)13-14-7-5-4-6-8-14/h4-8,15,22H,9-13H2,1-3H3,(H,20,21,23). The van der Waals surface area contributed by atoms with Crippen molar-refractivity contribution in [3.8, 4) is 0 Å². The quantitative estimate of drug-likeness (QED) is 0.822. The summed E-state index contributed by atoms with van der Waals surface area (Å²) in [5.74, 6) is 2.75. The maximum Gasteiger partial charge on any atom is 0.229 e. The highest BCUT2D eigenvalue weighted by Crippen LogP contribution is 2.41. The topological polar surface area (TPSA) is 59.6 Å². The molecule has 2 N–H and O–H groups in total. The zero-order valence-electron chi connectivity index (χ0n) is 15.7. The normalized spacial score (nSPS) is 18.0. The van der Waals surface area contributed by atoms with Gasteiger partial charge in [-0.2, -0.15) is 9.97 Å². The van der Waals surface area contributed by atoms with Gasteiger partial charge >= 0.3 is 0 Å². The Bertz CT molecular complexity index is 762. The second-order valence-corrected chi connectivity index (χ2v) is 7.35. The van der Waals surface area contributed by atoms with E-state index < -0.39 is 0 Å².